The highest BCUT2D eigenvalue weighted by atomic mass is 35.5. The molecule has 0 aliphatic carbocycles. The van der Waals surface area contributed by atoms with E-state index in [0.717, 1.165) is 13.1 Å². The van der Waals surface area contributed by atoms with Crippen LogP contribution in [0.5, 0.6) is 0 Å². The van der Waals surface area contributed by atoms with Crippen LogP contribution in [0.1, 0.15) is 25.7 Å². The Morgan fingerprint density at radius 1 is 0.889 bits per heavy atom. The summed E-state index contributed by atoms with van der Waals surface area (Å²) in [5.74, 6) is 5.57. The van der Waals surface area contributed by atoms with E-state index in [2.05, 4.69) is 0 Å². The smallest absolute Gasteiger partial charge is 0.0128 e. The second-order valence-electron chi connectivity index (χ2n) is 2.45. The van der Waals surface area contributed by atoms with E-state index < -0.39 is 0 Å². The highest BCUT2D eigenvalue weighted by Gasteiger charge is 2.02. The largest absolute Gasteiger partial charge is 0.269 e. The second kappa shape index (κ2) is 5.03. The molecule has 56 valence electrons. The number of hydrazine groups is 1. The number of hydrogen-bond donors (Lipinski definition) is 1. The van der Waals surface area contributed by atoms with Crippen molar-refractivity contribution in [3.05, 3.63) is 0 Å². The molecule has 1 aliphatic rings. The van der Waals surface area contributed by atoms with Gasteiger partial charge in [0.25, 0.3) is 0 Å². The standard InChI is InChI=1S/C6H14N2.ClH/c7-8-5-3-1-2-4-6-8;/h1-7H2;1H. The van der Waals surface area contributed by atoms with E-state index in [0.29, 0.717) is 0 Å². The molecule has 1 rings (SSSR count). The monoisotopic (exact) mass is 150 g/mol. The third kappa shape index (κ3) is 3.73. The summed E-state index contributed by atoms with van der Waals surface area (Å²) in [5, 5.41) is 1.92. The molecule has 0 atom stereocenters. The van der Waals surface area contributed by atoms with Gasteiger partial charge in [-0.1, -0.05) is 12.8 Å². The van der Waals surface area contributed by atoms with Crippen LogP contribution in [0, 0.1) is 0 Å². The van der Waals surface area contributed by atoms with E-state index in [1.54, 1.807) is 0 Å². The fraction of sp³-hybridized carbons (Fsp3) is 1.00. The highest BCUT2D eigenvalue weighted by Crippen LogP contribution is 2.05. The van der Waals surface area contributed by atoms with Gasteiger partial charge < -0.3 is 0 Å². The quantitative estimate of drug-likeness (QED) is 0.525. The van der Waals surface area contributed by atoms with E-state index in [-0.39, 0.29) is 12.4 Å². The summed E-state index contributed by atoms with van der Waals surface area (Å²) < 4.78 is 0. The van der Waals surface area contributed by atoms with Crippen molar-refractivity contribution in [3.63, 3.8) is 0 Å². The first-order chi connectivity index (χ1) is 3.89. The Morgan fingerprint density at radius 3 is 1.78 bits per heavy atom. The number of rotatable bonds is 0. The molecule has 2 nitrogen and oxygen atoms in total. The zero-order valence-corrected chi connectivity index (χ0v) is 6.49. The van der Waals surface area contributed by atoms with E-state index in [1.165, 1.54) is 25.7 Å². The Balaban J connectivity index is 0.000000640. The van der Waals surface area contributed by atoms with Crippen LogP contribution in [0.3, 0.4) is 0 Å². The van der Waals surface area contributed by atoms with Gasteiger partial charge >= 0.3 is 0 Å². The lowest BCUT2D eigenvalue weighted by Gasteiger charge is -2.10. The summed E-state index contributed by atoms with van der Waals surface area (Å²) in [7, 11) is 0. The molecule has 0 saturated carbocycles. The van der Waals surface area contributed by atoms with Gasteiger partial charge in [-0.25, -0.2) is 5.01 Å². The summed E-state index contributed by atoms with van der Waals surface area (Å²) in [5.41, 5.74) is 0. The van der Waals surface area contributed by atoms with Crippen molar-refractivity contribution in [2.24, 2.45) is 5.84 Å². The van der Waals surface area contributed by atoms with Gasteiger partial charge in [0.1, 0.15) is 0 Å². The molecule has 0 aromatic carbocycles. The third-order valence-electron chi connectivity index (χ3n) is 1.64. The lowest BCUT2D eigenvalue weighted by atomic mass is 10.2. The third-order valence-corrected chi connectivity index (χ3v) is 1.64. The Kier molecular flexibility index (Phi) is 5.15. The zero-order chi connectivity index (χ0) is 5.82. The van der Waals surface area contributed by atoms with Crippen molar-refractivity contribution < 1.29 is 0 Å². The molecule has 0 radical (unpaired) electrons. The maximum absolute atomic E-state index is 5.57. The molecule has 9 heavy (non-hydrogen) atoms. The average Bonchev–Trinajstić information content (AvgIpc) is 1.94. The van der Waals surface area contributed by atoms with E-state index >= 15 is 0 Å². The van der Waals surface area contributed by atoms with Crippen LogP contribution in [-0.4, -0.2) is 18.1 Å². The summed E-state index contributed by atoms with van der Waals surface area (Å²) in [6.45, 7) is 2.19. The fourth-order valence-electron chi connectivity index (χ4n) is 1.10. The molecule has 1 aliphatic heterocycles. The summed E-state index contributed by atoms with van der Waals surface area (Å²) >= 11 is 0. The Hall–Kier alpha value is 0.210. The Bertz CT molecular complexity index is 60.1. The van der Waals surface area contributed by atoms with Gasteiger partial charge in [-0.3, -0.25) is 5.84 Å². The van der Waals surface area contributed by atoms with Crippen molar-refractivity contribution in [1.82, 2.24) is 5.01 Å². The first-order valence-corrected chi connectivity index (χ1v) is 3.39. The number of nitrogens with two attached hydrogens (primary N) is 1. The van der Waals surface area contributed by atoms with Crippen LogP contribution in [0.15, 0.2) is 0 Å². The highest BCUT2D eigenvalue weighted by molar-refractivity contribution is 5.85. The first-order valence-electron chi connectivity index (χ1n) is 3.39. The van der Waals surface area contributed by atoms with Gasteiger partial charge in [0.15, 0.2) is 0 Å². The zero-order valence-electron chi connectivity index (χ0n) is 5.68. The maximum Gasteiger partial charge on any atom is 0.0128 e. The van der Waals surface area contributed by atoms with Crippen LogP contribution in [0.2, 0.25) is 0 Å². The van der Waals surface area contributed by atoms with Gasteiger partial charge in [0.05, 0.1) is 0 Å². The molecule has 0 unspecified atom stereocenters. The lowest BCUT2D eigenvalue weighted by molar-refractivity contribution is 0.296. The first kappa shape index (κ1) is 9.21. The van der Waals surface area contributed by atoms with Crippen LogP contribution >= 0.6 is 12.4 Å². The predicted octanol–water partition coefficient (Wildman–Crippen LogP) is 1.16. The molecule has 1 fully saturated rings. The average molecular weight is 151 g/mol. The molecule has 0 amide bonds. The second-order valence-corrected chi connectivity index (χ2v) is 2.45. The minimum Gasteiger partial charge on any atom is -0.269 e. The maximum atomic E-state index is 5.57. The van der Waals surface area contributed by atoms with Crippen LogP contribution in [0.4, 0.5) is 0 Å². The SMILES string of the molecule is Cl.NN1CCCCCC1. The summed E-state index contributed by atoms with van der Waals surface area (Å²) in [6.07, 6.45) is 5.31. The van der Waals surface area contributed by atoms with E-state index in [1.807, 2.05) is 5.01 Å². The van der Waals surface area contributed by atoms with Crippen LogP contribution < -0.4 is 5.84 Å². The topological polar surface area (TPSA) is 29.3 Å². The number of halogens is 1. The summed E-state index contributed by atoms with van der Waals surface area (Å²) in [6, 6.07) is 0. The van der Waals surface area contributed by atoms with Crippen molar-refractivity contribution >= 4 is 12.4 Å². The predicted molar refractivity (Wildman–Crippen MR) is 41.5 cm³/mol. The number of hydrogen-bond acceptors (Lipinski definition) is 2. The van der Waals surface area contributed by atoms with Crippen molar-refractivity contribution in [3.8, 4) is 0 Å². The molecule has 2 N–H and O–H groups in total. The lowest BCUT2D eigenvalue weighted by Crippen LogP contribution is -2.31. The van der Waals surface area contributed by atoms with Crippen molar-refractivity contribution in [2.75, 3.05) is 13.1 Å². The molecule has 1 heterocycles. The van der Waals surface area contributed by atoms with Crippen LogP contribution in [-0.2, 0) is 0 Å². The van der Waals surface area contributed by atoms with Crippen molar-refractivity contribution in [2.45, 2.75) is 25.7 Å². The van der Waals surface area contributed by atoms with Gasteiger partial charge in [0.2, 0.25) is 0 Å². The minimum atomic E-state index is 0. The molecular formula is C6H15ClN2. The molecule has 1 saturated heterocycles. The van der Waals surface area contributed by atoms with E-state index in [9.17, 15) is 0 Å². The molecule has 0 bridgehead atoms. The van der Waals surface area contributed by atoms with Gasteiger partial charge in [0, 0.05) is 13.1 Å². The molecule has 0 aromatic heterocycles. The Labute approximate surface area is 62.8 Å². The van der Waals surface area contributed by atoms with Crippen LogP contribution in [0.25, 0.3) is 0 Å². The molecular weight excluding hydrogens is 136 g/mol. The minimum absolute atomic E-state index is 0. The van der Waals surface area contributed by atoms with E-state index in [4.69, 9.17) is 5.84 Å². The molecule has 3 heteroatoms. The van der Waals surface area contributed by atoms with Gasteiger partial charge in [-0.15, -0.1) is 12.4 Å². The van der Waals surface area contributed by atoms with Crippen molar-refractivity contribution in [1.29, 1.82) is 0 Å². The normalized spacial score (nSPS) is 22.3. The number of nitrogens with zero attached hydrogens (tertiary/aromatic N) is 1. The fourth-order valence-corrected chi connectivity index (χ4v) is 1.10. The summed E-state index contributed by atoms with van der Waals surface area (Å²) in [4.78, 5) is 0. The van der Waals surface area contributed by atoms with Gasteiger partial charge in [-0.05, 0) is 12.8 Å². The Morgan fingerprint density at radius 2 is 1.33 bits per heavy atom. The molecule has 0 aromatic rings. The molecule has 0 spiro atoms. The van der Waals surface area contributed by atoms with Gasteiger partial charge in [-0.2, -0.15) is 0 Å².